The van der Waals surface area contributed by atoms with Crippen LogP contribution in [-0.4, -0.2) is 0 Å². The molecular formula is C17H20N2. The van der Waals surface area contributed by atoms with Crippen LogP contribution in [0.5, 0.6) is 0 Å². The van der Waals surface area contributed by atoms with E-state index in [0.717, 1.165) is 18.7 Å². The molecule has 0 radical (unpaired) electrons. The Kier molecular flexibility index (Phi) is 3.26. The molecule has 0 heterocycles. The summed E-state index contributed by atoms with van der Waals surface area (Å²) < 4.78 is 0. The molecule has 2 heteroatoms. The molecule has 0 saturated heterocycles. The van der Waals surface area contributed by atoms with E-state index in [9.17, 15) is 0 Å². The van der Waals surface area contributed by atoms with Gasteiger partial charge in [-0.3, -0.25) is 0 Å². The molecule has 2 aromatic carbocycles. The largest absolute Gasteiger partial charge is 0.399 e. The molecular weight excluding hydrogens is 232 g/mol. The summed E-state index contributed by atoms with van der Waals surface area (Å²) in [6, 6.07) is 15.3. The summed E-state index contributed by atoms with van der Waals surface area (Å²) in [4.78, 5) is 0. The lowest BCUT2D eigenvalue weighted by Crippen LogP contribution is -2.19. The van der Waals surface area contributed by atoms with Crippen LogP contribution in [0.25, 0.3) is 0 Å². The van der Waals surface area contributed by atoms with Crippen LogP contribution in [0, 0.1) is 6.92 Å². The van der Waals surface area contributed by atoms with Crippen molar-refractivity contribution in [1.82, 2.24) is 5.32 Å². The van der Waals surface area contributed by atoms with E-state index in [1.807, 2.05) is 6.07 Å². The van der Waals surface area contributed by atoms with Crippen molar-refractivity contribution in [3.63, 3.8) is 0 Å². The van der Waals surface area contributed by atoms with Gasteiger partial charge >= 0.3 is 0 Å². The molecule has 1 aliphatic rings. The van der Waals surface area contributed by atoms with Crippen molar-refractivity contribution in [2.24, 2.45) is 0 Å². The predicted molar refractivity (Wildman–Crippen MR) is 79.9 cm³/mol. The Balaban J connectivity index is 1.72. The Morgan fingerprint density at radius 3 is 2.89 bits per heavy atom. The quantitative estimate of drug-likeness (QED) is 0.822. The first-order valence-electron chi connectivity index (χ1n) is 6.90. The van der Waals surface area contributed by atoms with E-state index < -0.39 is 0 Å². The van der Waals surface area contributed by atoms with Gasteiger partial charge in [0.15, 0.2) is 0 Å². The van der Waals surface area contributed by atoms with Crippen molar-refractivity contribution in [3.05, 3.63) is 64.7 Å². The van der Waals surface area contributed by atoms with Gasteiger partial charge in [0.2, 0.25) is 0 Å². The van der Waals surface area contributed by atoms with Crippen LogP contribution in [0.15, 0.2) is 42.5 Å². The molecule has 1 atom stereocenters. The number of fused-ring (bicyclic) bond motifs is 1. The molecule has 19 heavy (non-hydrogen) atoms. The van der Waals surface area contributed by atoms with Crippen molar-refractivity contribution >= 4 is 5.69 Å². The van der Waals surface area contributed by atoms with Crippen LogP contribution >= 0.6 is 0 Å². The average Bonchev–Trinajstić information content (AvgIpc) is 2.80. The number of rotatable bonds is 3. The van der Waals surface area contributed by atoms with Crippen molar-refractivity contribution in [2.45, 2.75) is 32.4 Å². The molecule has 0 fully saturated rings. The number of anilines is 1. The summed E-state index contributed by atoms with van der Waals surface area (Å²) in [6.07, 6.45) is 2.30. The molecule has 0 bridgehead atoms. The number of hydrogen-bond acceptors (Lipinski definition) is 2. The highest BCUT2D eigenvalue weighted by Gasteiger charge is 2.21. The van der Waals surface area contributed by atoms with E-state index in [0.29, 0.717) is 6.04 Å². The van der Waals surface area contributed by atoms with Crippen molar-refractivity contribution < 1.29 is 0 Å². The second kappa shape index (κ2) is 5.06. The molecule has 98 valence electrons. The molecule has 0 aromatic heterocycles. The molecule has 0 saturated carbocycles. The molecule has 3 N–H and O–H groups in total. The first kappa shape index (κ1) is 12.2. The SMILES string of the molecule is Cc1ccccc1CNC1CCc2cc(N)ccc21. The van der Waals surface area contributed by atoms with Gasteiger partial charge in [-0.05, 0) is 54.2 Å². The summed E-state index contributed by atoms with van der Waals surface area (Å²) >= 11 is 0. The zero-order chi connectivity index (χ0) is 13.2. The normalized spacial score (nSPS) is 17.4. The predicted octanol–water partition coefficient (Wildman–Crippen LogP) is 3.35. The van der Waals surface area contributed by atoms with Crippen molar-refractivity contribution in [2.75, 3.05) is 5.73 Å². The molecule has 1 aliphatic carbocycles. The maximum absolute atomic E-state index is 5.84. The number of nitrogen functional groups attached to an aromatic ring is 1. The molecule has 0 amide bonds. The van der Waals surface area contributed by atoms with Crippen LogP contribution in [0.2, 0.25) is 0 Å². The molecule has 2 nitrogen and oxygen atoms in total. The van der Waals surface area contributed by atoms with Gasteiger partial charge in [-0.1, -0.05) is 30.3 Å². The summed E-state index contributed by atoms with van der Waals surface area (Å²) in [5.74, 6) is 0. The minimum atomic E-state index is 0.468. The summed E-state index contributed by atoms with van der Waals surface area (Å²) in [7, 11) is 0. The van der Waals surface area contributed by atoms with E-state index in [2.05, 4.69) is 48.6 Å². The van der Waals surface area contributed by atoms with Crippen LogP contribution in [0.3, 0.4) is 0 Å². The summed E-state index contributed by atoms with van der Waals surface area (Å²) in [6.45, 7) is 3.10. The Morgan fingerprint density at radius 1 is 1.21 bits per heavy atom. The molecule has 0 aliphatic heterocycles. The monoisotopic (exact) mass is 252 g/mol. The molecule has 2 aromatic rings. The fourth-order valence-electron chi connectivity index (χ4n) is 2.89. The second-order valence-electron chi connectivity index (χ2n) is 5.36. The Morgan fingerprint density at radius 2 is 2.05 bits per heavy atom. The van der Waals surface area contributed by atoms with E-state index in [1.54, 1.807) is 0 Å². The molecule has 1 unspecified atom stereocenters. The highest BCUT2D eigenvalue weighted by atomic mass is 14.9. The highest BCUT2D eigenvalue weighted by molar-refractivity contribution is 5.47. The standard InChI is InChI=1S/C17H20N2/c1-12-4-2-3-5-14(12)11-19-17-9-6-13-10-15(18)7-8-16(13)17/h2-5,7-8,10,17,19H,6,9,11,18H2,1H3. The first-order chi connectivity index (χ1) is 9.24. The summed E-state index contributed by atoms with van der Waals surface area (Å²) in [5, 5.41) is 3.67. The van der Waals surface area contributed by atoms with Crippen LogP contribution < -0.4 is 11.1 Å². The smallest absolute Gasteiger partial charge is 0.0329 e. The third kappa shape index (κ3) is 2.49. The highest BCUT2D eigenvalue weighted by Crippen LogP contribution is 2.32. The van der Waals surface area contributed by atoms with Crippen LogP contribution in [0.1, 0.15) is 34.7 Å². The molecule has 3 rings (SSSR count). The topological polar surface area (TPSA) is 38.0 Å². The van der Waals surface area contributed by atoms with Gasteiger partial charge in [0, 0.05) is 18.3 Å². The lowest BCUT2D eigenvalue weighted by molar-refractivity contribution is 0.529. The number of aryl methyl sites for hydroxylation is 2. The first-order valence-corrected chi connectivity index (χ1v) is 6.90. The van der Waals surface area contributed by atoms with Crippen molar-refractivity contribution in [1.29, 1.82) is 0 Å². The number of nitrogens with one attached hydrogen (secondary N) is 1. The van der Waals surface area contributed by atoms with Gasteiger partial charge in [0.25, 0.3) is 0 Å². The van der Waals surface area contributed by atoms with Gasteiger partial charge in [-0.2, -0.15) is 0 Å². The third-order valence-electron chi connectivity index (χ3n) is 4.04. The summed E-state index contributed by atoms with van der Waals surface area (Å²) in [5.41, 5.74) is 12.3. The van der Waals surface area contributed by atoms with Crippen LogP contribution in [-0.2, 0) is 13.0 Å². The average molecular weight is 252 g/mol. The van der Waals surface area contributed by atoms with Crippen LogP contribution in [0.4, 0.5) is 5.69 Å². The third-order valence-corrected chi connectivity index (χ3v) is 4.04. The van der Waals surface area contributed by atoms with E-state index in [1.165, 1.54) is 28.7 Å². The number of hydrogen-bond donors (Lipinski definition) is 2. The van der Waals surface area contributed by atoms with E-state index in [-0.39, 0.29) is 0 Å². The maximum atomic E-state index is 5.84. The zero-order valence-corrected chi connectivity index (χ0v) is 11.3. The second-order valence-corrected chi connectivity index (χ2v) is 5.36. The lowest BCUT2D eigenvalue weighted by atomic mass is 10.1. The number of nitrogens with two attached hydrogens (primary N) is 1. The Labute approximate surface area is 114 Å². The van der Waals surface area contributed by atoms with Gasteiger partial charge in [-0.25, -0.2) is 0 Å². The van der Waals surface area contributed by atoms with Crippen molar-refractivity contribution in [3.8, 4) is 0 Å². The van der Waals surface area contributed by atoms with Gasteiger partial charge in [0.05, 0.1) is 0 Å². The molecule has 0 spiro atoms. The van der Waals surface area contributed by atoms with Gasteiger partial charge in [-0.15, -0.1) is 0 Å². The Bertz CT molecular complexity index is 590. The minimum absolute atomic E-state index is 0.468. The Hall–Kier alpha value is -1.80. The zero-order valence-electron chi connectivity index (χ0n) is 11.3. The van der Waals surface area contributed by atoms with Gasteiger partial charge in [0.1, 0.15) is 0 Å². The maximum Gasteiger partial charge on any atom is 0.0329 e. The fourth-order valence-corrected chi connectivity index (χ4v) is 2.89. The number of benzene rings is 2. The fraction of sp³-hybridized carbons (Fsp3) is 0.294. The van der Waals surface area contributed by atoms with Gasteiger partial charge < -0.3 is 11.1 Å². The lowest BCUT2D eigenvalue weighted by Gasteiger charge is -2.15. The van der Waals surface area contributed by atoms with E-state index in [4.69, 9.17) is 5.73 Å². The minimum Gasteiger partial charge on any atom is -0.399 e. The van der Waals surface area contributed by atoms with E-state index >= 15 is 0 Å².